The molecule has 1 radical (unpaired) electrons. The van der Waals surface area contributed by atoms with E-state index in [0.717, 1.165) is 6.42 Å². The van der Waals surface area contributed by atoms with Gasteiger partial charge in [-0.05, 0) is 18.4 Å². The highest BCUT2D eigenvalue weighted by Crippen LogP contribution is 2.22. The molecule has 1 aromatic carbocycles. The third kappa shape index (κ3) is 5.34. The van der Waals surface area contributed by atoms with E-state index in [9.17, 15) is 4.79 Å². The summed E-state index contributed by atoms with van der Waals surface area (Å²) in [5.74, 6) is -0.470. The highest BCUT2D eigenvalue weighted by Gasteiger charge is 2.27. The summed E-state index contributed by atoms with van der Waals surface area (Å²) in [5, 5.41) is 0. The van der Waals surface area contributed by atoms with Crippen molar-refractivity contribution in [3.05, 3.63) is 42.0 Å². The lowest BCUT2D eigenvalue weighted by Gasteiger charge is -2.21. The van der Waals surface area contributed by atoms with Crippen LogP contribution in [0.25, 0.3) is 0 Å². The zero-order valence-electron chi connectivity index (χ0n) is 14.6. The van der Waals surface area contributed by atoms with E-state index >= 15 is 0 Å². The van der Waals surface area contributed by atoms with Crippen LogP contribution in [0.4, 0.5) is 0 Å². The first kappa shape index (κ1) is 18.5. The van der Waals surface area contributed by atoms with Crippen molar-refractivity contribution in [2.45, 2.75) is 25.9 Å². The molecule has 0 spiro atoms. The second-order valence-corrected chi connectivity index (χ2v) is 5.64. The Morgan fingerprint density at radius 3 is 2.24 bits per heavy atom. The maximum absolute atomic E-state index is 11.7. The van der Waals surface area contributed by atoms with E-state index in [1.54, 1.807) is 0 Å². The molecule has 0 saturated heterocycles. The van der Waals surface area contributed by atoms with Crippen LogP contribution < -0.4 is 19.9 Å². The van der Waals surface area contributed by atoms with E-state index in [4.69, 9.17) is 19.9 Å². The molecule has 0 saturated carbocycles. The largest absolute Gasteiger partial charge is 0.481 e. The summed E-state index contributed by atoms with van der Waals surface area (Å²) in [6, 6.07) is 11.4. The predicted octanol–water partition coefficient (Wildman–Crippen LogP) is 2.32. The molecule has 133 valence electrons. The van der Waals surface area contributed by atoms with Gasteiger partial charge in [-0.2, -0.15) is 9.97 Å². The van der Waals surface area contributed by atoms with Crippen LogP contribution in [0, 0.1) is 5.92 Å². The highest BCUT2D eigenvalue weighted by atomic mass is 16.5. The number of ether oxygens (including phenoxy) is 3. The molecular formula is C18H22N3O4. The van der Waals surface area contributed by atoms with Crippen LogP contribution in [0.15, 0.2) is 36.4 Å². The second kappa shape index (κ2) is 8.86. The second-order valence-electron chi connectivity index (χ2n) is 5.64. The molecule has 0 aliphatic heterocycles. The van der Waals surface area contributed by atoms with Gasteiger partial charge in [0.05, 0.1) is 20.3 Å². The van der Waals surface area contributed by atoms with Crippen molar-refractivity contribution in [1.82, 2.24) is 15.7 Å². The molecular weight excluding hydrogens is 322 g/mol. The van der Waals surface area contributed by atoms with Crippen molar-refractivity contribution in [2.24, 2.45) is 5.92 Å². The average molecular weight is 344 g/mol. The van der Waals surface area contributed by atoms with Crippen molar-refractivity contribution >= 4 is 5.91 Å². The Balaban J connectivity index is 2.08. The van der Waals surface area contributed by atoms with Gasteiger partial charge in [-0.25, -0.2) is 0 Å². The van der Waals surface area contributed by atoms with Crippen LogP contribution in [0.1, 0.15) is 18.9 Å². The van der Waals surface area contributed by atoms with Crippen molar-refractivity contribution in [2.75, 3.05) is 14.2 Å². The average Bonchev–Trinajstić information content (AvgIpc) is 2.64. The number of aromatic nitrogens is 2. The molecule has 1 heterocycles. The summed E-state index contributed by atoms with van der Waals surface area (Å²) in [6.07, 6.45) is 0.526. The van der Waals surface area contributed by atoms with Gasteiger partial charge in [0.1, 0.15) is 0 Å². The van der Waals surface area contributed by atoms with Crippen LogP contribution in [-0.2, 0) is 11.2 Å². The Kier molecular flexibility index (Phi) is 6.56. The maximum Gasteiger partial charge on any atom is 0.323 e. The lowest BCUT2D eigenvalue weighted by molar-refractivity contribution is -0.127. The van der Waals surface area contributed by atoms with E-state index in [0.29, 0.717) is 6.42 Å². The molecule has 2 aromatic rings. The van der Waals surface area contributed by atoms with Gasteiger partial charge in [0.15, 0.2) is 6.10 Å². The topological polar surface area (TPSA) is 94.3 Å². The standard InChI is InChI=1S/C18H22N3O4/c1-12(9-10-13-7-5-4-6-8-13)16(17(19)22)25-18-20-14(23-2)11-15(21-18)24-3/h4-8,11-12,16,19H,9-10H2,1-3H3. The number of rotatable bonds is 9. The summed E-state index contributed by atoms with van der Waals surface area (Å²) >= 11 is 0. The Morgan fingerprint density at radius 1 is 1.12 bits per heavy atom. The maximum atomic E-state index is 11.7. The fraction of sp³-hybridized carbons (Fsp3) is 0.389. The Bertz CT molecular complexity index is 672. The molecule has 0 aliphatic carbocycles. The van der Waals surface area contributed by atoms with E-state index < -0.39 is 12.0 Å². The summed E-state index contributed by atoms with van der Waals surface area (Å²) in [6.45, 7) is 1.87. The summed E-state index contributed by atoms with van der Waals surface area (Å²) < 4.78 is 15.7. The molecule has 7 nitrogen and oxygen atoms in total. The number of carbonyl (C=O) groups excluding carboxylic acids is 1. The Labute approximate surface area is 147 Å². The van der Waals surface area contributed by atoms with Gasteiger partial charge in [0.25, 0.3) is 5.91 Å². The van der Waals surface area contributed by atoms with E-state index in [-0.39, 0.29) is 23.7 Å². The lowest BCUT2D eigenvalue weighted by atomic mass is 9.95. The number of nitrogens with one attached hydrogen (secondary N) is 1. The summed E-state index contributed by atoms with van der Waals surface area (Å²) in [4.78, 5) is 19.8. The number of amides is 1. The summed E-state index contributed by atoms with van der Waals surface area (Å²) in [7, 11) is 2.92. The molecule has 25 heavy (non-hydrogen) atoms. The fourth-order valence-corrected chi connectivity index (χ4v) is 2.38. The summed E-state index contributed by atoms with van der Waals surface area (Å²) in [5.41, 5.74) is 8.68. The van der Waals surface area contributed by atoms with Gasteiger partial charge in [0.2, 0.25) is 11.8 Å². The van der Waals surface area contributed by atoms with Crippen molar-refractivity contribution in [3.8, 4) is 17.8 Å². The molecule has 0 aliphatic rings. The normalized spacial score (nSPS) is 12.9. The van der Waals surface area contributed by atoms with Crippen molar-refractivity contribution in [1.29, 1.82) is 0 Å². The van der Waals surface area contributed by atoms with E-state index in [1.807, 2.05) is 37.3 Å². The van der Waals surface area contributed by atoms with Crippen molar-refractivity contribution in [3.63, 3.8) is 0 Å². The molecule has 1 aromatic heterocycles. The first-order chi connectivity index (χ1) is 12.0. The minimum Gasteiger partial charge on any atom is -0.481 e. The minimum absolute atomic E-state index is 0.0478. The number of benzene rings is 1. The Morgan fingerprint density at radius 2 is 1.72 bits per heavy atom. The number of hydrogen-bond acceptors (Lipinski definition) is 6. The SMILES string of the molecule is COc1cc(OC)nc(OC(C([NH])=O)C(C)CCc2ccccc2)n1. The number of methoxy groups -OCH3 is 2. The fourth-order valence-electron chi connectivity index (χ4n) is 2.38. The molecule has 2 atom stereocenters. The van der Waals surface area contributed by atoms with Gasteiger partial charge < -0.3 is 14.2 Å². The van der Waals surface area contributed by atoms with Gasteiger partial charge in [-0.15, -0.1) is 0 Å². The van der Waals surface area contributed by atoms with Gasteiger partial charge in [-0.1, -0.05) is 37.3 Å². The molecule has 2 unspecified atom stereocenters. The predicted molar refractivity (Wildman–Crippen MR) is 91.6 cm³/mol. The van der Waals surface area contributed by atoms with Crippen LogP contribution in [0.2, 0.25) is 0 Å². The third-order valence-electron chi connectivity index (χ3n) is 3.82. The van der Waals surface area contributed by atoms with Crippen molar-refractivity contribution < 1.29 is 19.0 Å². The lowest BCUT2D eigenvalue weighted by Crippen LogP contribution is -2.35. The first-order valence-corrected chi connectivity index (χ1v) is 7.96. The molecule has 2 rings (SSSR count). The zero-order chi connectivity index (χ0) is 18.2. The zero-order valence-corrected chi connectivity index (χ0v) is 14.6. The van der Waals surface area contributed by atoms with Crippen LogP contribution >= 0.6 is 0 Å². The van der Waals surface area contributed by atoms with Gasteiger partial charge in [0, 0.05) is 5.92 Å². The number of hydrogen-bond donors (Lipinski definition) is 0. The minimum atomic E-state index is -0.958. The highest BCUT2D eigenvalue weighted by molar-refractivity contribution is 5.78. The smallest absolute Gasteiger partial charge is 0.323 e. The molecule has 7 heteroatoms. The first-order valence-electron chi connectivity index (χ1n) is 7.96. The number of nitrogens with zero attached hydrogens (tertiary/aromatic N) is 2. The third-order valence-corrected chi connectivity index (χ3v) is 3.82. The monoisotopic (exact) mass is 344 g/mol. The molecule has 1 amide bonds. The molecule has 0 bridgehead atoms. The number of carbonyl (C=O) groups is 1. The van der Waals surface area contributed by atoms with E-state index in [1.165, 1.54) is 25.8 Å². The van der Waals surface area contributed by atoms with Gasteiger partial charge in [-0.3, -0.25) is 10.5 Å². The van der Waals surface area contributed by atoms with Crippen LogP contribution in [-0.4, -0.2) is 36.2 Å². The molecule has 1 N–H and O–H groups in total. The van der Waals surface area contributed by atoms with Gasteiger partial charge >= 0.3 is 6.01 Å². The van der Waals surface area contributed by atoms with E-state index in [2.05, 4.69) is 9.97 Å². The van der Waals surface area contributed by atoms with Crippen LogP contribution in [0.3, 0.4) is 0 Å². The quantitative estimate of drug-likeness (QED) is 0.693. The van der Waals surface area contributed by atoms with Crippen LogP contribution in [0.5, 0.6) is 17.8 Å². The Hall–Kier alpha value is -2.83. The number of aryl methyl sites for hydroxylation is 1. The molecule has 0 fully saturated rings.